The number of nitro benzene ring substituents is 1. The second-order valence-electron chi connectivity index (χ2n) is 5.81. The maximum atomic E-state index is 11.1. The highest BCUT2D eigenvalue weighted by Gasteiger charge is 2.29. The third kappa shape index (κ3) is 4.26. The number of carbonyl (C=O) groups is 1. The van der Waals surface area contributed by atoms with Crippen LogP contribution in [0.5, 0.6) is 0 Å². The molecule has 1 aliphatic heterocycles. The lowest BCUT2D eigenvalue weighted by atomic mass is 9.90. The van der Waals surface area contributed by atoms with Crippen molar-refractivity contribution in [3.63, 3.8) is 0 Å². The van der Waals surface area contributed by atoms with Gasteiger partial charge in [-0.25, -0.2) is 0 Å². The molecule has 1 heterocycles. The van der Waals surface area contributed by atoms with Gasteiger partial charge in [-0.1, -0.05) is 19.1 Å². The second kappa shape index (κ2) is 6.67. The predicted molar refractivity (Wildman–Crippen MR) is 78.1 cm³/mol. The molecular weight excluding hydrogens is 272 g/mol. The van der Waals surface area contributed by atoms with Crippen molar-refractivity contribution >= 4 is 11.7 Å². The van der Waals surface area contributed by atoms with E-state index in [2.05, 4.69) is 11.8 Å². The van der Waals surface area contributed by atoms with Crippen molar-refractivity contribution in [2.24, 2.45) is 11.8 Å². The quantitative estimate of drug-likeness (QED) is 0.664. The Bertz CT molecular complexity index is 515. The molecular formula is C15H20N2O4. The lowest BCUT2D eigenvalue weighted by Gasteiger charge is -2.34. The molecule has 0 aromatic heterocycles. The molecule has 6 heteroatoms. The molecule has 1 aromatic rings. The Morgan fingerprint density at radius 3 is 2.62 bits per heavy atom. The van der Waals surface area contributed by atoms with Gasteiger partial charge in [0.1, 0.15) is 0 Å². The Labute approximate surface area is 123 Å². The number of aliphatic carboxylic acids is 1. The van der Waals surface area contributed by atoms with Crippen LogP contribution < -0.4 is 0 Å². The maximum absolute atomic E-state index is 11.1. The lowest BCUT2D eigenvalue weighted by molar-refractivity contribution is -0.384. The molecule has 0 spiro atoms. The van der Waals surface area contributed by atoms with Gasteiger partial charge in [-0.2, -0.15) is 0 Å². The summed E-state index contributed by atoms with van der Waals surface area (Å²) >= 11 is 0. The van der Waals surface area contributed by atoms with Gasteiger partial charge in [0.15, 0.2) is 0 Å². The molecule has 1 N–H and O–H groups in total. The highest BCUT2D eigenvalue weighted by Crippen LogP contribution is 2.22. The first-order chi connectivity index (χ1) is 9.95. The molecule has 1 aliphatic rings. The van der Waals surface area contributed by atoms with Crippen molar-refractivity contribution < 1.29 is 14.8 Å². The number of hydrogen-bond donors (Lipinski definition) is 1. The number of piperidine rings is 1. The zero-order valence-corrected chi connectivity index (χ0v) is 12.1. The van der Waals surface area contributed by atoms with Crippen LogP contribution >= 0.6 is 0 Å². The molecule has 0 saturated carbocycles. The van der Waals surface area contributed by atoms with Gasteiger partial charge in [-0.15, -0.1) is 0 Å². The van der Waals surface area contributed by atoms with Gasteiger partial charge >= 0.3 is 5.97 Å². The number of nitrogens with zero attached hydrogens (tertiary/aromatic N) is 2. The Balaban J connectivity index is 1.89. The summed E-state index contributed by atoms with van der Waals surface area (Å²) in [6.07, 6.45) is 1.51. The number of benzene rings is 1. The van der Waals surface area contributed by atoms with E-state index in [1.54, 1.807) is 12.1 Å². The van der Waals surface area contributed by atoms with E-state index in [4.69, 9.17) is 5.11 Å². The minimum absolute atomic E-state index is 0.0938. The molecule has 0 aliphatic carbocycles. The molecule has 0 bridgehead atoms. The smallest absolute Gasteiger partial charge is 0.307 e. The fourth-order valence-corrected chi connectivity index (χ4v) is 2.89. The van der Waals surface area contributed by atoms with Gasteiger partial charge in [-0.05, 0) is 24.3 Å². The predicted octanol–water partition coefficient (Wildman–Crippen LogP) is 2.18. The summed E-state index contributed by atoms with van der Waals surface area (Å²) in [6.45, 7) is 4.36. The summed E-state index contributed by atoms with van der Waals surface area (Å²) in [5.41, 5.74) is 1.13. The van der Waals surface area contributed by atoms with E-state index in [0.29, 0.717) is 12.5 Å². The van der Waals surface area contributed by atoms with Gasteiger partial charge < -0.3 is 10.0 Å². The normalized spacial score (nSPS) is 22.9. The van der Waals surface area contributed by atoms with Crippen molar-refractivity contribution in [2.75, 3.05) is 19.6 Å². The first-order valence-electron chi connectivity index (χ1n) is 7.14. The topological polar surface area (TPSA) is 83.7 Å². The van der Waals surface area contributed by atoms with Gasteiger partial charge in [0.25, 0.3) is 5.69 Å². The van der Waals surface area contributed by atoms with Gasteiger partial charge in [0, 0.05) is 31.8 Å². The largest absolute Gasteiger partial charge is 0.481 e. The summed E-state index contributed by atoms with van der Waals surface area (Å²) < 4.78 is 0. The van der Waals surface area contributed by atoms with Crippen LogP contribution in [0.2, 0.25) is 0 Å². The maximum Gasteiger partial charge on any atom is 0.307 e. The van der Waals surface area contributed by atoms with Crippen molar-refractivity contribution in [1.82, 2.24) is 4.90 Å². The molecule has 0 amide bonds. The second-order valence-corrected chi connectivity index (χ2v) is 5.81. The lowest BCUT2D eigenvalue weighted by Crippen LogP contribution is -2.43. The number of carboxylic acids is 1. The van der Waals surface area contributed by atoms with Crippen LogP contribution in [-0.4, -0.2) is 40.5 Å². The SMILES string of the molecule is CC1CC(C(=O)O)CN(CCc2ccc([N+](=O)[O-])cc2)C1. The highest BCUT2D eigenvalue weighted by atomic mass is 16.6. The zero-order valence-electron chi connectivity index (χ0n) is 12.1. The molecule has 1 aromatic carbocycles. The molecule has 1 fully saturated rings. The average molecular weight is 292 g/mol. The summed E-state index contributed by atoms with van der Waals surface area (Å²) in [5, 5.41) is 19.7. The molecule has 6 nitrogen and oxygen atoms in total. The van der Waals surface area contributed by atoms with Crippen molar-refractivity contribution in [3.8, 4) is 0 Å². The van der Waals surface area contributed by atoms with E-state index in [-0.39, 0.29) is 11.6 Å². The fourth-order valence-electron chi connectivity index (χ4n) is 2.89. The molecule has 21 heavy (non-hydrogen) atoms. The summed E-state index contributed by atoms with van der Waals surface area (Å²) in [5.74, 6) is -0.621. The van der Waals surface area contributed by atoms with Crippen LogP contribution in [0.1, 0.15) is 18.9 Å². The van der Waals surface area contributed by atoms with Gasteiger partial charge in [-0.3, -0.25) is 14.9 Å². The first-order valence-corrected chi connectivity index (χ1v) is 7.14. The fraction of sp³-hybridized carbons (Fsp3) is 0.533. The van der Waals surface area contributed by atoms with Crippen LogP contribution in [0, 0.1) is 22.0 Å². The Hall–Kier alpha value is -1.95. The van der Waals surface area contributed by atoms with E-state index >= 15 is 0 Å². The van der Waals surface area contributed by atoms with Crippen LogP contribution in [0.4, 0.5) is 5.69 Å². The number of non-ortho nitro benzene ring substituents is 1. The number of hydrogen-bond acceptors (Lipinski definition) is 4. The van der Waals surface area contributed by atoms with Gasteiger partial charge in [0.2, 0.25) is 0 Å². The number of nitro groups is 1. The van der Waals surface area contributed by atoms with E-state index in [1.807, 2.05) is 0 Å². The summed E-state index contributed by atoms with van der Waals surface area (Å²) in [7, 11) is 0. The van der Waals surface area contributed by atoms with E-state index < -0.39 is 10.9 Å². The average Bonchev–Trinajstić information content (AvgIpc) is 2.45. The third-order valence-electron chi connectivity index (χ3n) is 3.95. The van der Waals surface area contributed by atoms with Crippen LogP contribution in [0.3, 0.4) is 0 Å². The molecule has 2 rings (SSSR count). The van der Waals surface area contributed by atoms with Crippen LogP contribution in [0.15, 0.2) is 24.3 Å². The highest BCUT2D eigenvalue weighted by molar-refractivity contribution is 5.70. The Morgan fingerprint density at radius 2 is 2.05 bits per heavy atom. The monoisotopic (exact) mass is 292 g/mol. The molecule has 0 radical (unpaired) electrons. The number of rotatable bonds is 5. The van der Waals surface area contributed by atoms with Crippen molar-refractivity contribution in [2.45, 2.75) is 19.8 Å². The van der Waals surface area contributed by atoms with E-state index in [1.165, 1.54) is 12.1 Å². The molecule has 114 valence electrons. The van der Waals surface area contributed by atoms with E-state index in [0.717, 1.165) is 31.5 Å². The minimum atomic E-state index is -0.720. The van der Waals surface area contributed by atoms with Crippen LogP contribution in [0.25, 0.3) is 0 Å². The number of carboxylic acid groups (broad SMARTS) is 1. The van der Waals surface area contributed by atoms with Crippen LogP contribution in [-0.2, 0) is 11.2 Å². The first kappa shape index (κ1) is 15.4. The molecule has 2 atom stereocenters. The van der Waals surface area contributed by atoms with Crippen molar-refractivity contribution in [1.29, 1.82) is 0 Å². The van der Waals surface area contributed by atoms with Crippen molar-refractivity contribution in [3.05, 3.63) is 39.9 Å². The zero-order chi connectivity index (χ0) is 15.4. The molecule has 1 saturated heterocycles. The summed E-state index contributed by atoms with van der Waals surface area (Å²) in [6, 6.07) is 6.54. The Morgan fingerprint density at radius 1 is 1.38 bits per heavy atom. The van der Waals surface area contributed by atoms with Gasteiger partial charge in [0.05, 0.1) is 10.8 Å². The van der Waals surface area contributed by atoms with E-state index in [9.17, 15) is 14.9 Å². The number of likely N-dealkylation sites (tertiary alicyclic amines) is 1. The third-order valence-corrected chi connectivity index (χ3v) is 3.95. The summed E-state index contributed by atoms with van der Waals surface area (Å²) in [4.78, 5) is 23.5. The standard InChI is InChI=1S/C15H20N2O4/c1-11-8-13(15(18)19)10-16(9-11)7-6-12-2-4-14(5-3-12)17(20)21/h2-5,11,13H,6-10H2,1H3,(H,18,19). The molecule has 2 unspecified atom stereocenters. The Kier molecular flexibility index (Phi) is 4.90. The minimum Gasteiger partial charge on any atom is -0.481 e.